The summed E-state index contributed by atoms with van der Waals surface area (Å²) in [6.07, 6.45) is 12.1. The summed E-state index contributed by atoms with van der Waals surface area (Å²) in [5, 5.41) is 21.4. The lowest BCUT2D eigenvalue weighted by Gasteiger charge is -2.67. The topological polar surface area (TPSA) is 49.7 Å². The number of hydrogen-bond acceptors (Lipinski definition) is 3. The van der Waals surface area contributed by atoms with Crippen LogP contribution in [0, 0.1) is 45.8 Å². The zero-order valence-electron chi connectivity index (χ0n) is 21.9. The molecule has 0 aromatic heterocycles. The highest BCUT2D eigenvalue weighted by Gasteiger charge is 2.66. The third-order valence-corrected chi connectivity index (χ3v) is 12.4. The monoisotopic (exact) mass is 446 g/mol. The van der Waals surface area contributed by atoms with Gasteiger partial charge in [-0.1, -0.05) is 27.7 Å². The second-order valence-corrected chi connectivity index (χ2v) is 14.7. The molecule has 184 valence electrons. The highest BCUT2D eigenvalue weighted by molar-refractivity contribution is 5.15. The van der Waals surface area contributed by atoms with E-state index < -0.39 is 5.60 Å². The van der Waals surface area contributed by atoms with Crippen LogP contribution in [0.25, 0.3) is 0 Å². The summed E-state index contributed by atoms with van der Waals surface area (Å²) in [4.78, 5) is 0. The normalized spacial score (nSPS) is 55.2. The van der Waals surface area contributed by atoms with E-state index in [0.717, 1.165) is 37.0 Å². The first-order chi connectivity index (χ1) is 14.7. The molecule has 0 aromatic rings. The lowest BCUT2D eigenvalue weighted by Crippen LogP contribution is -2.61. The van der Waals surface area contributed by atoms with E-state index in [0.29, 0.717) is 22.7 Å². The van der Waals surface area contributed by atoms with Crippen molar-refractivity contribution in [1.82, 2.24) is 0 Å². The standard InChI is InChI=1S/C29H50O3/c1-25(2)21-12-15-27(5)19-9-10-20(29(7)17-14-24(32-29)26(3,4)31)18(19)8-11-22(27)28(21,6)16-13-23(25)30/h18-24,30-31H,8-17H2,1-7H3/t18-,19+,20-,21-,22?,23-,24-,27-,28-,29-/m0/s1. The van der Waals surface area contributed by atoms with E-state index in [-0.39, 0.29) is 23.2 Å². The Hall–Kier alpha value is -0.120. The number of aliphatic hydroxyl groups is 2. The summed E-state index contributed by atoms with van der Waals surface area (Å²) in [6, 6.07) is 0. The molecule has 0 radical (unpaired) electrons. The molecule has 0 spiro atoms. The van der Waals surface area contributed by atoms with Gasteiger partial charge in [0.15, 0.2) is 0 Å². The van der Waals surface area contributed by atoms with Gasteiger partial charge in [0.05, 0.1) is 23.4 Å². The number of aliphatic hydroxyl groups excluding tert-OH is 1. The molecule has 10 atom stereocenters. The zero-order valence-corrected chi connectivity index (χ0v) is 21.9. The van der Waals surface area contributed by atoms with Gasteiger partial charge in [-0.3, -0.25) is 0 Å². The van der Waals surface area contributed by atoms with Gasteiger partial charge in [0.25, 0.3) is 0 Å². The number of rotatable bonds is 2. The summed E-state index contributed by atoms with van der Waals surface area (Å²) in [5.41, 5.74) is 0.0428. The molecule has 32 heavy (non-hydrogen) atoms. The van der Waals surface area contributed by atoms with Gasteiger partial charge in [0.2, 0.25) is 0 Å². The van der Waals surface area contributed by atoms with Gasteiger partial charge < -0.3 is 14.9 Å². The van der Waals surface area contributed by atoms with Crippen LogP contribution in [0.2, 0.25) is 0 Å². The Morgan fingerprint density at radius 1 is 0.719 bits per heavy atom. The van der Waals surface area contributed by atoms with Gasteiger partial charge in [0, 0.05) is 0 Å². The van der Waals surface area contributed by atoms with Gasteiger partial charge in [-0.2, -0.15) is 0 Å². The maximum absolute atomic E-state index is 10.8. The van der Waals surface area contributed by atoms with Crippen LogP contribution in [0.3, 0.4) is 0 Å². The maximum atomic E-state index is 10.8. The molecule has 0 amide bonds. The lowest BCUT2D eigenvalue weighted by atomic mass is 9.38. The van der Waals surface area contributed by atoms with Crippen molar-refractivity contribution in [2.24, 2.45) is 45.8 Å². The van der Waals surface area contributed by atoms with E-state index >= 15 is 0 Å². The van der Waals surface area contributed by atoms with Crippen molar-refractivity contribution in [3.63, 3.8) is 0 Å². The van der Waals surface area contributed by atoms with Gasteiger partial charge >= 0.3 is 0 Å². The molecule has 4 aliphatic carbocycles. The van der Waals surface area contributed by atoms with Crippen LogP contribution in [0.15, 0.2) is 0 Å². The van der Waals surface area contributed by atoms with E-state index in [1.165, 1.54) is 44.9 Å². The minimum atomic E-state index is -0.745. The third-order valence-electron chi connectivity index (χ3n) is 12.4. The van der Waals surface area contributed by atoms with Gasteiger partial charge in [-0.05, 0) is 131 Å². The molecular weight excluding hydrogens is 396 g/mol. The van der Waals surface area contributed by atoms with Crippen molar-refractivity contribution in [2.45, 2.75) is 136 Å². The molecule has 5 aliphatic rings. The molecule has 3 nitrogen and oxygen atoms in total. The second-order valence-electron chi connectivity index (χ2n) is 14.7. The number of hydrogen-bond donors (Lipinski definition) is 2. The molecular formula is C29H50O3. The van der Waals surface area contributed by atoms with Crippen LogP contribution >= 0.6 is 0 Å². The van der Waals surface area contributed by atoms with Crippen LogP contribution in [0.5, 0.6) is 0 Å². The van der Waals surface area contributed by atoms with E-state index in [4.69, 9.17) is 4.74 Å². The van der Waals surface area contributed by atoms with Crippen molar-refractivity contribution >= 4 is 0 Å². The minimum absolute atomic E-state index is 0.0243. The average Bonchev–Trinajstić information content (AvgIpc) is 3.30. The fourth-order valence-corrected chi connectivity index (χ4v) is 10.7. The van der Waals surface area contributed by atoms with E-state index in [1.54, 1.807) is 0 Å². The molecule has 5 fully saturated rings. The van der Waals surface area contributed by atoms with Crippen LogP contribution in [0.4, 0.5) is 0 Å². The Morgan fingerprint density at radius 2 is 1.38 bits per heavy atom. The first-order valence-corrected chi connectivity index (χ1v) is 13.8. The van der Waals surface area contributed by atoms with E-state index in [2.05, 4.69) is 34.6 Å². The fourth-order valence-electron chi connectivity index (χ4n) is 10.7. The Bertz CT molecular complexity index is 739. The number of fused-ring (bicyclic) bond motifs is 5. The molecule has 2 N–H and O–H groups in total. The van der Waals surface area contributed by atoms with E-state index in [1.807, 2.05) is 13.8 Å². The van der Waals surface area contributed by atoms with Crippen molar-refractivity contribution in [1.29, 1.82) is 0 Å². The highest BCUT2D eigenvalue weighted by atomic mass is 16.5. The van der Waals surface area contributed by atoms with Crippen molar-refractivity contribution in [3.8, 4) is 0 Å². The summed E-state index contributed by atoms with van der Waals surface area (Å²) in [6.45, 7) is 16.1. The zero-order chi connectivity index (χ0) is 23.3. The molecule has 1 aliphatic heterocycles. The molecule has 0 bridgehead atoms. The van der Waals surface area contributed by atoms with Crippen LogP contribution in [-0.2, 0) is 4.74 Å². The maximum Gasteiger partial charge on any atom is 0.0865 e. The lowest BCUT2D eigenvalue weighted by molar-refractivity contribution is -0.204. The Kier molecular flexibility index (Phi) is 5.31. The smallest absolute Gasteiger partial charge is 0.0865 e. The van der Waals surface area contributed by atoms with Gasteiger partial charge in [-0.25, -0.2) is 0 Å². The summed E-state index contributed by atoms with van der Waals surface area (Å²) in [7, 11) is 0. The van der Waals surface area contributed by atoms with Gasteiger partial charge in [-0.15, -0.1) is 0 Å². The minimum Gasteiger partial charge on any atom is -0.393 e. The quantitative estimate of drug-likeness (QED) is 0.519. The van der Waals surface area contributed by atoms with Crippen LogP contribution < -0.4 is 0 Å². The molecule has 1 saturated heterocycles. The molecule has 4 saturated carbocycles. The van der Waals surface area contributed by atoms with Crippen LogP contribution in [-0.4, -0.2) is 33.6 Å². The Labute approximate surface area is 197 Å². The predicted octanol–water partition coefficient (Wildman–Crippen LogP) is 6.35. The summed E-state index contributed by atoms with van der Waals surface area (Å²) >= 11 is 0. The molecule has 5 rings (SSSR count). The Balaban J connectivity index is 1.39. The predicted molar refractivity (Wildman–Crippen MR) is 129 cm³/mol. The summed E-state index contributed by atoms with van der Waals surface area (Å²) in [5.74, 6) is 3.69. The van der Waals surface area contributed by atoms with Gasteiger partial charge in [0.1, 0.15) is 0 Å². The first-order valence-electron chi connectivity index (χ1n) is 13.8. The molecule has 0 aromatic carbocycles. The third kappa shape index (κ3) is 3.15. The first kappa shape index (κ1) is 23.6. The number of ether oxygens (including phenoxy) is 1. The second kappa shape index (κ2) is 7.20. The van der Waals surface area contributed by atoms with Crippen molar-refractivity contribution < 1.29 is 14.9 Å². The van der Waals surface area contributed by atoms with E-state index in [9.17, 15) is 10.2 Å². The average molecular weight is 447 g/mol. The van der Waals surface area contributed by atoms with Crippen molar-refractivity contribution in [2.75, 3.05) is 0 Å². The summed E-state index contributed by atoms with van der Waals surface area (Å²) < 4.78 is 6.68. The highest BCUT2D eigenvalue weighted by Crippen LogP contribution is 2.72. The SMILES string of the molecule is CC(C)(O)[C@@H]1CC[C@@](C)([C@H]2CC[C@@H]3[C@@H]2CCC2[C@@]3(C)CC[C@H]3C(C)(C)[C@@H](O)CC[C@]23C)O1. The van der Waals surface area contributed by atoms with Crippen molar-refractivity contribution in [3.05, 3.63) is 0 Å². The largest absolute Gasteiger partial charge is 0.393 e. The fraction of sp³-hybridized carbons (Fsp3) is 1.00. The molecule has 3 heteroatoms. The molecule has 1 unspecified atom stereocenters. The molecule has 1 heterocycles. The van der Waals surface area contributed by atoms with Crippen LogP contribution in [0.1, 0.15) is 113 Å². The Morgan fingerprint density at radius 3 is 2.03 bits per heavy atom.